The Balaban J connectivity index is 1.59. The molecule has 0 aliphatic rings. The van der Waals surface area contributed by atoms with Crippen LogP contribution in [0.1, 0.15) is 31.1 Å². The first kappa shape index (κ1) is 19.3. The van der Waals surface area contributed by atoms with Crippen LogP contribution in [0.2, 0.25) is 0 Å². The van der Waals surface area contributed by atoms with Crippen molar-refractivity contribution in [2.45, 2.75) is 26.3 Å². The second-order valence-electron chi connectivity index (χ2n) is 6.28. The highest BCUT2D eigenvalue weighted by Gasteiger charge is 2.19. The summed E-state index contributed by atoms with van der Waals surface area (Å²) < 4.78 is 5.51. The molecule has 2 heterocycles. The van der Waals surface area contributed by atoms with E-state index in [0.717, 1.165) is 18.7 Å². The summed E-state index contributed by atoms with van der Waals surface area (Å²) in [6.45, 7) is 6.75. The summed E-state index contributed by atoms with van der Waals surface area (Å²) >= 11 is 1.68. The molecule has 0 fully saturated rings. The smallest absolute Gasteiger partial charge is 0.226 e. The van der Waals surface area contributed by atoms with E-state index in [0.29, 0.717) is 18.1 Å². The number of nitrogens with zero attached hydrogens (tertiary/aromatic N) is 2. The predicted octanol–water partition coefficient (Wildman–Crippen LogP) is 4.14. The number of oxazole rings is 1. The maximum absolute atomic E-state index is 12.4. The molecule has 0 saturated heterocycles. The Bertz CT molecular complexity index is 826. The van der Waals surface area contributed by atoms with E-state index < -0.39 is 0 Å². The maximum Gasteiger partial charge on any atom is 0.226 e. The van der Waals surface area contributed by atoms with Gasteiger partial charge in [-0.15, -0.1) is 0 Å². The van der Waals surface area contributed by atoms with Crippen molar-refractivity contribution < 1.29 is 9.21 Å². The fraction of sp³-hybridized carbons (Fsp3) is 0.333. The summed E-state index contributed by atoms with van der Waals surface area (Å²) in [6, 6.07) is 12.0. The van der Waals surface area contributed by atoms with E-state index in [4.69, 9.17) is 4.42 Å². The molecule has 0 aliphatic heterocycles. The van der Waals surface area contributed by atoms with Gasteiger partial charge in [0, 0.05) is 12.1 Å². The monoisotopic (exact) mass is 383 g/mol. The van der Waals surface area contributed by atoms with Gasteiger partial charge >= 0.3 is 0 Å². The molecule has 142 valence electrons. The van der Waals surface area contributed by atoms with Crippen molar-refractivity contribution in [3.63, 3.8) is 0 Å². The third kappa shape index (κ3) is 5.05. The molecule has 0 spiro atoms. The van der Waals surface area contributed by atoms with Crippen LogP contribution in [-0.2, 0) is 11.2 Å². The van der Waals surface area contributed by atoms with Gasteiger partial charge in [-0.3, -0.25) is 9.69 Å². The van der Waals surface area contributed by atoms with Crippen LogP contribution in [0.3, 0.4) is 0 Å². The van der Waals surface area contributed by atoms with Crippen molar-refractivity contribution in [3.8, 4) is 11.5 Å². The zero-order chi connectivity index (χ0) is 19.1. The first-order valence-corrected chi connectivity index (χ1v) is 10.2. The molecule has 0 bridgehead atoms. The van der Waals surface area contributed by atoms with Crippen LogP contribution in [0.5, 0.6) is 0 Å². The number of hydrogen-bond donors (Lipinski definition) is 1. The first-order valence-electron chi connectivity index (χ1n) is 9.24. The van der Waals surface area contributed by atoms with E-state index in [1.54, 1.807) is 17.6 Å². The van der Waals surface area contributed by atoms with Gasteiger partial charge in [0.2, 0.25) is 11.8 Å². The van der Waals surface area contributed by atoms with Crippen LogP contribution in [0, 0.1) is 0 Å². The Morgan fingerprint density at radius 2 is 2.00 bits per heavy atom. The highest BCUT2D eigenvalue weighted by atomic mass is 32.1. The number of hydrogen-bond acceptors (Lipinski definition) is 5. The highest BCUT2D eigenvalue weighted by molar-refractivity contribution is 7.07. The predicted molar refractivity (Wildman–Crippen MR) is 109 cm³/mol. The number of likely N-dealkylation sites (N-methyl/N-ethyl adjacent to an activating group) is 1. The summed E-state index contributed by atoms with van der Waals surface area (Å²) in [6.07, 6.45) is 1.77. The molecule has 1 aromatic carbocycles. The zero-order valence-corrected chi connectivity index (χ0v) is 16.5. The van der Waals surface area contributed by atoms with E-state index in [1.807, 2.05) is 30.3 Å². The summed E-state index contributed by atoms with van der Waals surface area (Å²) in [5, 5.41) is 7.29. The number of rotatable bonds is 9. The molecule has 1 amide bonds. The molecular weight excluding hydrogens is 358 g/mol. The van der Waals surface area contributed by atoms with Crippen LogP contribution in [-0.4, -0.2) is 35.4 Å². The van der Waals surface area contributed by atoms with Gasteiger partial charge in [0.1, 0.15) is 6.26 Å². The molecule has 6 heteroatoms. The second-order valence-corrected chi connectivity index (χ2v) is 7.06. The van der Waals surface area contributed by atoms with E-state index in [-0.39, 0.29) is 18.4 Å². The molecule has 2 aromatic heterocycles. The quantitative estimate of drug-likeness (QED) is 0.603. The number of carbonyl (C=O) groups is 1. The van der Waals surface area contributed by atoms with Crippen LogP contribution < -0.4 is 5.32 Å². The van der Waals surface area contributed by atoms with Crippen LogP contribution in [0.25, 0.3) is 11.5 Å². The second kappa shape index (κ2) is 9.48. The lowest BCUT2D eigenvalue weighted by Crippen LogP contribution is -2.38. The van der Waals surface area contributed by atoms with E-state index in [2.05, 4.69) is 45.9 Å². The molecule has 3 aromatic rings. The lowest BCUT2D eigenvalue weighted by molar-refractivity contribution is -0.120. The van der Waals surface area contributed by atoms with Crippen molar-refractivity contribution in [2.24, 2.45) is 0 Å². The van der Waals surface area contributed by atoms with Crippen molar-refractivity contribution in [2.75, 3.05) is 19.6 Å². The average molecular weight is 384 g/mol. The number of amides is 1. The van der Waals surface area contributed by atoms with Crippen molar-refractivity contribution >= 4 is 17.2 Å². The van der Waals surface area contributed by atoms with Crippen LogP contribution in [0.15, 0.2) is 57.8 Å². The first-order chi connectivity index (χ1) is 13.2. The van der Waals surface area contributed by atoms with Gasteiger partial charge in [-0.05, 0) is 47.6 Å². The number of aromatic nitrogens is 1. The summed E-state index contributed by atoms with van der Waals surface area (Å²) in [5.41, 5.74) is 2.79. The molecule has 0 saturated carbocycles. The minimum atomic E-state index is -0.0460. The molecule has 27 heavy (non-hydrogen) atoms. The normalized spacial score (nSPS) is 12.3. The third-order valence-electron chi connectivity index (χ3n) is 4.59. The van der Waals surface area contributed by atoms with Gasteiger partial charge in [0.15, 0.2) is 0 Å². The number of carbonyl (C=O) groups excluding carboxylic acids is 1. The SMILES string of the molecule is CCN(CC)C(CNC(=O)Cc1coc(-c2ccccc2)n1)c1ccsc1. The fourth-order valence-electron chi connectivity index (χ4n) is 3.13. The molecule has 5 nitrogen and oxygen atoms in total. The topological polar surface area (TPSA) is 58.4 Å². The Kier molecular flexibility index (Phi) is 6.79. The van der Waals surface area contributed by atoms with Gasteiger partial charge in [0.05, 0.1) is 18.2 Å². The lowest BCUT2D eigenvalue weighted by Gasteiger charge is -2.29. The van der Waals surface area contributed by atoms with Gasteiger partial charge in [-0.25, -0.2) is 4.98 Å². The van der Waals surface area contributed by atoms with Crippen LogP contribution >= 0.6 is 11.3 Å². The number of nitrogens with one attached hydrogen (secondary N) is 1. The van der Waals surface area contributed by atoms with Gasteiger partial charge in [-0.2, -0.15) is 11.3 Å². The average Bonchev–Trinajstić information content (AvgIpc) is 3.38. The van der Waals surface area contributed by atoms with Gasteiger partial charge < -0.3 is 9.73 Å². The molecule has 1 N–H and O–H groups in total. The minimum Gasteiger partial charge on any atom is -0.444 e. The van der Waals surface area contributed by atoms with E-state index >= 15 is 0 Å². The zero-order valence-electron chi connectivity index (χ0n) is 15.7. The fourth-order valence-corrected chi connectivity index (χ4v) is 3.83. The van der Waals surface area contributed by atoms with E-state index in [1.165, 1.54) is 5.56 Å². The third-order valence-corrected chi connectivity index (χ3v) is 5.29. The maximum atomic E-state index is 12.4. The molecular formula is C21H25N3O2S. The van der Waals surface area contributed by atoms with Crippen molar-refractivity contribution in [1.82, 2.24) is 15.2 Å². The standard InChI is InChI=1S/C21H25N3O2S/c1-3-24(4-2)19(17-10-11-27-15-17)13-22-20(25)12-18-14-26-21(23-18)16-8-6-5-7-9-16/h5-11,14-15,19H,3-4,12-13H2,1-2H3,(H,22,25). The van der Waals surface area contributed by atoms with Crippen LogP contribution in [0.4, 0.5) is 0 Å². The Hall–Kier alpha value is -2.44. The lowest BCUT2D eigenvalue weighted by atomic mass is 10.1. The van der Waals surface area contributed by atoms with Crippen molar-refractivity contribution in [1.29, 1.82) is 0 Å². The summed E-state index contributed by atoms with van der Waals surface area (Å²) in [7, 11) is 0. The Morgan fingerprint density at radius 1 is 1.22 bits per heavy atom. The highest BCUT2D eigenvalue weighted by Crippen LogP contribution is 2.22. The van der Waals surface area contributed by atoms with Gasteiger partial charge in [-0.1, -0.05) is 32.0 Å². The molecule has 1 atom stereocenters. The molecule has 1 unspecified atom stereocenters. The number of thiophene rings is 1. The number of benzene rings is 1. The Labute approximate surface area is 164 Å². The summed E-state index contributed by atoms with van der Waals surface area (Å²) in [4.78, 5) is 19.2. The molecule has 3 rings (SSSR count). The summed E-state index contributed by atoms with van der Waals surface area (Å²) in [5.74, 6) is 0.494. The van der Waals surface area contributed by atoms with Crippen molar-refractivity contribution in [3.05, 3.63) is 64.7 Å². The largest absolute Gasteiger partial charge is 0.444 e. The van der Waals surface area contributed by atoms with E-state index in [9.17, 15) is 4.79 Å². The molecule has 0 aliphatic carbocycles. The van der Waals surface area contributed by atoms with Gasteiger partial charge in [0.25, 0.3) is 0 Å². The molecule has 0 radical (unpaired) electrons. The minimum absolute atomic E-state index is 0.0460. The Morgan fingerprint density at radius 3 is 2.67 bits per heavy atom.